The number of halogens is 1. The summed E-state index contributed by atoms with van der Waals surface area (Å²) >= 11 is 0. The summed E-state index contributed by atoms with van der Waals surface area (Å²) < 4.78 is 12.2. The Bertz CT molecular complexity index is 549. The molecule has 1 saturated heterocycles. The van der Waals surface area contributed by atoms with Crippen LogP contribution in [0.4, 0.5) is 0 Å². The van der Waals surface area contributed by atoms with Crippen LogP contribution in [0, 0.1) is 5.92 Å². The Morgan fingerprint density at radius 1 is 1.24 bits per heavy atom. The Balaban J connectivity index is 0.00000420. The Morgan fingerprint density at radius 2 is 2.03 bits per heavy atom. The van der Waals surface area contributed by atoms with Crippen LogP contribution < -0.4 is 16.4 Å². The summed E-state index contributed by atoms with van der Waals surface area (Å²) in [6, 6.07) is 0.352. The van der Waals surface area contributed by atoms with Crippen LogP contribution in [0.5, 0.6) is 0 Å². The topological polar surface area (TPSA) is 99.8 Å². The number of guanidine groups is 1. The van der Waals surface area contributed by atoms with E-state index in [1.54, 1.807) is 0 Å². The standard InChI is InChI=1S/C20H39N5O2S.HI/c1-3-22-20(24-17-9-5-10-18(14-17)28(27)4-2)23-11-7-13-25-12-6-8-16(15-25)19(21)26;/h16-18H,3-15H2,1-2H3,(H2,21,26)(H2,22,23,24);1H. The molecule has 0 aromatic heterocycles. The lowest BCUT2D eigenvalue weighted by Gasteiger charge is -2.31. The van der Waals surface area contributed by atoms with E-state index in [1.807, 2.05) is 6.92 Å². The third-order valence-electron chi connectivity index (χ3n) is 5.78. The highest BCUT2D eigenvalue weighted by molar-refractivity contribution is 14.0. The lowest BCUT2D eigenvalue weighted by atomic mass is 9.95. The van der Waals surface area contributed by atoms with Gasteiger partial charge in [0.15, 0.2) is 5.96 Å². The van der Waals surface area contributed by atoms with E-state index < -0.39 is 10.8 Å². The van der Waals surface area contributed by atoms with Crippen molar-refractivity contribution in [1.29, 1.82) is 0 Å². The number of amides is 1. The number of nitrogens with zero attached hydrogens (tertiary/aromatic N) is 2. The SMILES string of the molecule is CCNC(=NCCCN1CCCC(C(N)=O)C1)NC1CCCC(S(=O)CC)C1.I. The van der Waals surface area contributed by atoms with Crippen LogP contribution in [0.1, 0.15) is 58.8 Å². The summed E-state index contributed by atoms with van der Waals surface area (Å²) in [5, 5.41) is 7.21. The van der Waals surface area contributed by atoms with Crippen LogP contribution in [-0.4, -0.2) is 70.7 Å². The molecule has 0 radical (unpaired) electrons. The van der Waals surface area contributed by atoms with Crippen molar-refractivity contribution in [2.24, 2.45) is 16.6 Å². The lowest BCUT2D eigenvalue weighted by molar-refractivity contribution is -0.123. The molecule has 2 fully saturated rings. The summed E-state index contributed by atoms with van der Waals surface area (Å²) in [7, 11) is -0.708. The second kappa shape index (κ2) is 14.6. The first-order chi connectivity index (χ1) is 13.5. The Labute approximate surface area is 195 Å². The molecule has 2 aliphatic rings. The van der Waals surface area contributed by atoms with Gasteiger partial charge in [0.2, 0.25) is 5.91 Å². The third kappa shape index (κ3) is 9.50. The van der Waals surface area contributed by atoms with Crippen molar-refractivity contribution in [2.75, 3.05) is 38.5 Å². The highest BCUT2D eigenvalue weighted by atomic mass is 127. The van der Waals surface area contributed by atoms with Crippen LogP contribution in [0.15, 0.2) is 4.99 Å². The number of hydrogen-bond donors (Lipinski definition) is 3. The zero-order chi connectivity index (χ0) is 20.4. The Hall–Kier alpha value is -0.420. The summed E-state index contributed by atoms with van der Waals surface area (Å²) in [5.74, 6) is 1.45. The molecule has 2 rings (SSSR count). The molecule has 1 heterocycles. The van der Waals surface area contributed by atoms with Gasteiger partial charge >= 0.3 is 0 Å². The zero-order valence-electron chi connectivity index (χ0n) is 18.0. The Morgan fingerprint density at radius 3 is 2.72 bits per heavy atom. The number of hydrogen-bond acceptors (Lipinski definition) is 4. The van der Waals surface area contributed by atoms with Crippen molar-refractivity contribution in [3.8, 4) is 0 Å². The minimum absolute atomic E-state index is 0. The molecule has 29 heavy (non-hydrogen) atoms. The van der Waals surface area contributed by atoms with Crippen LogP contribution in [0.25, 0.3) is 0 Å². The van der Waals surface area contributed by atoms with E-state index in [0.717, 1.165) is 89.4 Å². The van der Waals surface area contributed by atoms with Crippen molar-refractivity contribution in [1.82, 2.24) is 15.5 Å². The molecule has 0 aromatic carbocycles. The molecule has 0 spiro atoms. The zero-order valence-corrected chi connectivity index (χ0v) is 21.2. The highest BCUT2D eigenvalue weighted by Gasteiger charge is 2.26. The van der Waals surface area contributed by atoms with Crippen LogP contribution >= 0.6 is 24.0 Å². The first-order valence-electron chi connectivity index (χ1n) is 11.0. The summed E-state index contributed by atoms with van der Waals surface area (Å²) in [4.78, 5) is 18.5. The lowest BCUT2D eigenvalue weighted by Crippen LogP contribution is -2.46. The number of nitrogens with one attached hydrogen (secondary N) is 2. The fraction of sp³-hybridized carbons (Fsp3) is 0.900. The monoisotopic (exact) mass is 541 g/mol. The maximum absolute atomic E-state index is 12.2. The number of carbonyl (C=O) groups excluding carboxylic acids is 1. The normalized spacial score (nSPS) is 27.0. The third-order valence-corrected chi connectivity index (χ3v) is 7.52. The number of likely N-dealkylation sites (tertiary alicyclic amines) is 1. The largest absolute Gasteiger partial charge is 0.369 e. The van der Waals surface area contributed by atoms with Gasteiger partial charge in [0.25, 0.3) is 0 Å². The van der Waals surface area contributed by atoms with Gasteiger partial charge in [-0.1, -0.05) is 13.3 Å². The van der Waals surface area contributed by atoms with Crippen molar-refractivity contribution in [3.63, 3.8) is 0 Å². The van der Waals surface area contributed by atoms with Gasteiger partial charge in [-0.15, -0.1) is 24.0 Å². The number of carbonyl (C=O) groups is 1. The highest BCUT2D eigenvalue weighted by Crippen LogP contribution is 2.23. The molecule has 0 bridgehead atoms. The first-order valence-corrected chi connectivity index (χ1v) is 12.3. The molecule has 0 aromatic rings. The molecule has 1 aliphatic heterocycles. The minimum Gasteiger partial charge on any atom is -0.369 e. The predicted molar refractivity (Wildman–Crippen MR) is 132 cm³/mol. The van der Waals surface area contributed by atoms with Crippen molar-refractivity contribution in [2.45, 2.75) is 70.1 Å². The molecule has 4 N–H and O–H groups in total. The molecule has 1 aliphatic carbocycles. The number of aliphatic imine (C=N–C) groups is 1. The fourth-order valence-electron chi connectivity index (χ4n) is 4.24. The molecule has 170 valence electrons. The molecule has 4 unspecified atom stereocenters. The predicted octanol–water partition coefficient (Wildman–Crippen LogP) is 1.83. The van der Waals surface area contributed by atoms with Gasteiger partial charge in [0, 0.05) is 47.5 Å². The van der Waals surface area contributed by atoms with Gasteiger partial charge in [0.05, 0.1) is 5.92 Å². The van der Waals surface area contributed by atoms with E-state index in [9.17, 15) is 9.00 Å². The minimum atomic E-state index is -0.708. The van der Waals surface area contributed by atoms with Gasteiger partial charge in [0.1, 0.15) is 0 Å². The number of nitrogens with two attached hydrogens (primary N) is 1. The van der Waals surface area contributed by atoms with Crippen molar-refractivity contribution < 1.29 is 9.00 Å². The maximum Gasteiger partial charge on any atom is 0.221 e. The fourth-order valence-corrected chi connectivity index (χ4v) is 5.59. The van der Waals surface area contributed by atoms with E-state index in [2.05, 4.69) is 22.5 Å². The van der Waals surface area contributed by atoms with E-state index in [0.29, 0.717) is 11.3 Å². The Kier molecular flexibility index (Phi) is 13.4. The summed E-state index contributed by atoms with van der Waals surface area (Å²) in [5.41, 5.74) is 5.46. The van der Waals surface area contributed by atoms with Gasteiger partial charge in [-0.3, -0.25) is 14.0 Å². The quantitative estimate of drug-likeness (QED) is 0.179. The smallest absolute Gasteiger partial charge is 0.221 e. The molecular formula is C20H40IN5O2S. The second-order valence-corrected chi connectivity index (χ2v) is 9.96. The van der Waals surface area contributed by atoms with Gasteiger partial charge < -0.3 is 21.3 Å². The van der Waals surface area contributed by atoms with E-state index >= 15 is 0 Å². The number of primary amides is 1. The summed E-state index contributed by atoms with van der Waals surface area (Å²) in [6.07, 6.45) is 7.22. The van der Waals surface area contributed by atoms with Crippen LogP contribution in [0.3, 0.4) is 0 Å². The van der Waals surface area contributed by atoms with Crippen LogP contribution in [0.2, 0.25) is 0 Å². The van der Waals surface area contributed by atoms with E-state index in [4.69, 9.17) is 10.7 Å². The average molecular weight is 542 g/mol. The van der Waals surface area contributed by atoms with E-state index in [1.165, 1.54) is 0 Å². The van der Waals surface area contributed by atoms with Crippen molar-refractivity contribution >= 4 is 46.6 Å². The van der Waals surface area contributed by atoms with Crippen LogP contribution in [-0.2, 0) is 15.6 Å². The van der Waals surface area contributed by atoms with Crippen molar-refractivity contribution in [3.05, 3.63) is 0 Å². The van der Waals surface area contributed by atoms with Gasteiger partial charge in [-0.05, 0) is 58.5 Å². The molecule has 4 atom stereocenters. The maximum atomic E-state index is 12.2. The summed E-state index contributed by atoms with van der Waals surface area (Å²) in [6.45, 7) is 8.45. The first kappa shape index (κ1) is 26.6. The molecule has 1 amide bonds. The van der Waals surface area contributed by atoms with E-state index in [-0.39, 0.29) is 35.8 Å². The second-order valence-electron chi connectivity index (χ2n) is 7.96. The average Bonchev–Trinajstić information content (AvgIpc) is 2.71. The van der Waals surface area contributed by atoms with Gasteiger partial charge in [-0.25, -0.2) is 0 Å². The number of rotatable bonds is 9. The molecule has 9 heteroatoms. The molecular weight excluding hydrogens is 501 g/mol. The van der Waals surface area contributed by atoms with Gasteiger partial charge in [-0.2, -0.15) is 0 Å². The molecule has 7 nitrogen and oxygen atoms in total. The number of piperidine rings is 1. The molecule has 1 saturated carbocycles.